The van der Waals surface area contributed by atoms with Crippen LogP contribution < -0.4 is 4.74 Å². The summed E-state index contributed by atoms with van der Waals surface area (Å²) in [5.74, 6) is -0.763. The minimum absolute atomic E-state index is 0.0996. The second kappa shape index (κ2) is 8.00. The number of hydrogen-bond acceptors (Lipinski definition) is 5. The third-order valence-electron chi connectivity index (χ3n) is 5.46. The van der Waals surface area contributed by atoms with Crippen LogP contribution in [0.25, 0.3) is 10.9 Å². The van der Waals surface area contributed by atoms with Crippen molar-refractivity contribution in [3.05, 3.63) is 35.8 Å². The van der Waals surface area contributed by atoms with E-state index in [1.54, 1.807) is 18.2 Å². The molecule has 1 fully saturated rings. The molecule has 1 saturated heterocycles. The maximum absolute atomic E-state index is 14.4. The number of aryl methyl sites for hydroxylation is 1. The van der Waals surface area contributed by atoms with E-state index in [1.807, 2.05) is 0 Å². The fraction of sp³-hybridized carbons (Fsp3) is 0.450. The third-order valence-corrected chi connectivity index (χ3v) is 5.46. The van der Waals surface area contributed by atoms with E-state index in [9.17, 15) is 19.1 Å². The van der Waals surface area contributed by atoms with Crippen molar-refractivity contribution in [3.63, 3.8) is 0 Å². The van der Waals surface area contributed by atoms with Gasteiger partial charge in [0.05, 0.1) is 31.3 Å². The molecule has 1 aromatic carbocycles. The van der Waals surface area contributed by atoms with Gasteiger partial charge >= 0.3 is 12.1 Å². The largest absolute Gasteiger partial charge is 0.497 e. The number of ether oxygens (including phenoxy) is 2. The number of carboxylic acids is 1. The SMILES string of the molecule is COC(=O)N1CCC(CCCc2c(F)cnc3ccc(OC)cc23)(C(=O)O)C1. The second-order valence-corrected chi connectivity index (χ2v) is 7.05. The highest BCUT2D eigenvalue weighted by Crippen LogP contribution is 2.37. The number of carbonyl (C=O) groups is 2. The summed E-state index contributed by atoms with van der Waals surface area (Å²) >= 11 is 0. The van der Waals surface area contributed by atoms with Gasteiger partial charge in [0.1, 0.15) is 11.6 Å². The quantitative estimate of drug-likeness (QED) is 0.815. The van der Waals surface area contributed by atoms with Gasteiger partial charge in [-0.05, 0) is 49.4 Å². The number of likely N-dealkylation sites (tertiary alicyclic amines) is 1. The van der Waals surface area contributed by atoms with Crippen molar-refractivity contribution in [2.75, 3.05) is 27.3 Å². The topological polar surface area (TPSA) is 89.0 Å². The van der Waals surface area contributed by atoms with Gasteiger partial charge < -0.3 is 19.5 Å². The molecule has 2 heterocycles. The molecule has 1 aliphatic heterocycles. The third kappa shape index (κ3) is 3.72. The number of carboxylic acid groups (broad SMARTS) is 1. The van der Waals surface area contributed by atoms with Gasteiger partial charge in [-0.2, -0.15) is 0 Å². The van der Waals surface area contributed by atoms with Gasteiger partial charge in [0.15, 0.2) is 0 Å². The summed E-state index contributed by atoms with van der Waals surface area (Å²) in [4.78, 5) is 29.1. The number of rotatable bonds is 6. The van der Waals surface area contributed by atoms with Crippen molar-refractivity contribution in [1.82, 2.24) is 9.88 Å². The smallest absolute Gasteiger partial charge is 0.409 e. The molecule has 0 radical (unpaired) electrons. The molecule has 1 atom stereocenters. The summed E-state index contributed by atoms with van der Waals surface area (Å²) in [6.45, 7) is 0.436. The zero-order valence-electron chi connectivity index (χ0n) is 15.9. The molecular formula is C20H23FN2O5. The lowest BCUT2D eigenvalue weighted by atomic mass is 9.81. The molecule has 3 rings (SSSR count). The first kappa shape index (κ1) is 19.9. The minimum Gasteiger partial charge on any atom is -0.497 e. The molecule has 1 aromatic heterocycles. The van der Waals surface area contributed by atoms with Crippen molar-refractivity contribution in [2.24, 2.45) is 5.41 Å². The second-order valence-electron chi connectivity index (χ2n) is 7.05. The lowest BCUT2D eigenvalue weighted by Gasteiger charge is -2.24. The highest BCUT2D eigenvalue weighted by atomic mass is 19.1. The summed E-state index contributed by atoms with van der Waals surface area (Å²) < 4.78 is 24.3. The molecule has 1 N–H and O–H groups in total. The monoisotopic (exact) mass is 390 g/mol. The number of hydrogen-bond donors (Lipinski definition) is 1. The molecule has 7 nitrogen and oxygen atoms in total. The molecule has 150 valence electrons. The van der Waals surface area contributed by atoms with E-state index < -0.39 is 23.3 Å². The normalized spacial score (nSPS) is 19.0. The van der Waals surface area contributed by atoms with Crippen LogP contribution in [0.1, 0.15) is 24.8 Å². The molecular weight excluding hydrogens is 367 g/mol. The van der Waals surface area contributed by atoms with E-state index >= 15 is 0 Å². The summed E-state index contributed by atoms with van der Waals surface area (Å²) in [6.07, 6.45) is 2.18. The number of aromatic nitrogens is 1. The Hall–Kier alpha value is -2.90. The average molecular weight is 390 g/mol. The van der Waals surface area contributed by atoms with Gasteiger partial charge in [-0.25, -0.2) is 9.18 Å². The van der Waals surface area contributed by atoms with Gasteiger partial charge in [-0.15, -0.1) is 0 Å². The number of amides is 1. The number of aliphatic carboxylic acids is 1. The lowest BCUT2D eigenvalue weighted by molar-refractivity contribution is -0.148. The number of carbonyl (C=O) groups excluding carboxylic acids is 1. The van der Waals surface area contributed by atoms with Gasteiger partial charge in [0.2, 0.25) is 0 Å². The predicted molar refractivity (Wildman–Crippen MR) is 99.9 cm³/mol. The van der Waals surface area contributed by atoms with Gasteiger partial charge in [-0.3, -0.25) is 9.78 Å². The van der Waals surface area contributed by atoms with E-state index in [0.717, 1.165) is 0 Å². The van der Waals surface area contributed by atoms with Crippen LogP contribution in [0.15, 0.2) is 24.4 Å². The molecule has 1 unspecified atom stereocenters. The van der Waals surface area contributed by atoms with Crippen molar-refractivity contribution < 1.29 is 28.6 Å². The Labute approximate surface area is 162 Å². The number of fused-ring (bicyclic) bond motifs is 1. The number of halogens is 1. The van der Waals surface area contributed by atoms with Crippen LogP contribution in [-0.2, 0) is 16.0 Å². The number of nitrogens with zero attached hydrogens (tertiary/aromatic N) is 2. The lowest BCUT2D eigenvalue weighted by Crippen LogP contribution is -2.37. The molecule has 0 aliphatic carbocycles. The van der Waals surface area contributed by atoms with Crippen LogP contribution >= 0.6 is 0 Å². The first-order valence-electron chi connectivity index (χ1n) is 9.07. The minimum atomic E-state index is -1.04. The standard InChI is InChI=1S/C20H23FN2O5/c1-27-13-5-6-17-15(10-13)14(16(21)11-22-17)4-3-7-20(18(24)25)8-9-23(12-20)19(26)28-2/h5-6,10-11H,3-4,7-9,12H2,1-2H3,(H,24,25). The molecule has 0 spiro atoms. The van der Waals surface area contributed by atoms with Crippen LogP contribution in [0.2, 0.25) is 0 Å². The molecule has 8 heteroatoms. The summed E-state index contributed by atoms with van der Waals surface area (Å²) in [5.41, 5.74) is 0.112. The van der Waals surface area contributed by atoms with Crippen molar-refractivity contribution in [1.29, 1.82) is 0 Å². The van der Waals surface area contributed by atoms with Crippen LogP contribution in [0.5, 0.6) is 5.75 Å². The molecule has 1 aliphatic rings. The van der Waals surface area contributed by atoms with Crippen LogP contribution in [0.3, 0.4) is 0 Å². The van der Waals surface area contributed by atoms with E-state index in [-0.39, 0.29) is 6.54 Å². The first-order chi connectivity index (χ1) is 13.4. The maximum Gasteiger partial charge on any atom is 0.409 e. The molecule has 28 heavy (non-hydrogen) atoms. The molecule has 0 saturated carbocycles. The maximum atomic E-state index is 14.4. The number of methoxy groups -OCH3 is 2. The predicted octanol–water partition coefficient (Wildman–Crippen LogP) is 3.25. The van der Waals surface area contributed by atoms with Crippen LogP contribution in [0.4, 0.5) is 9.18 Å². The van der Waals surface area contributed by atoms with Crippen molar-refractivity contribution >= 4 is 23.0 Å². The average Bonchev–Trinajstić information content (AvgIpc) is 3.14. The Balaban J connectivity index is 1.77. The highest BCUT2D eigenvalue weighted by molar-refractivity contribution is 5.83. The Kier molecular flexibility index (Phi) is 5.67. The molecule has 1 amide bonds. The Morgan fingerprint density at radius 2 is 2.14 bits per heavy atom. The molecule has 0 bridgehead atoms. The van der Waals surface area contributed by atoms with Crippen molar-refractivity contribution in [2.45, 2.75) is 25.7 Å². The van der Waals surface area contributed by atoms with E-state index in [1.165, 1.54) is 25.3 Å². The van der Waals surface area contributed by atoms with E-state index in [4.69, 9.17) is 9.47 Å². The van der Waals surface area contributed by atoms with Crippen LogP contribution in [-0.4, -0.2) is 54.4 Å². The fourth-order valence-corrected chi connectivity index (χ4v) is 3.83. The zero-order valence-corrected chi connectivity index (χ0v) is 15.9. The highest BCUT2D eigenvalue weighted by Gasteiger charge is 2.46. The number of pyridine rings is 1. The Morgan fingerprint density at radius 1 is 1.36 bits per heavy atom. The molecule has 2 aromatic rings. The number of benzene rings is 1. The van der Waals surface area contributed by atoms with E-state index in [0.29, 0.717) is 54.4 Å². The summed E-state index contributed by atoms with van der Waals surface area (Å²) in [6, 6.07) is 5.26. The fourth-order valence-electron chi connectivity index (χ4n) is 3.83. The van der Waals surface area contributed by atoms with Crippen LogP contribution in [0, 0.1) is 11.2 Å². The Bertz CT molecular complexity index is 904. The van der Waals surface area contributed by atoms with E-state index in [2.05, 4.69) is 4.98 Å². The van der Waals surface area contributed by atoms with Crippen molar-refractivity contribution in [3.8, 4) is 5.75 Å². The first-order valence-corrected chi connectivity index (χ1v) is 9.07. The summed E-state index contributed by atoms with van der Waals surface area (Å²) in [5, 5.41) is 10.4. The Morgan fingerprint density at radius 3 is 2.82 bits per heavy atom. The van der Waals surface area contributed by atoms with Gasteiger partial charge in [0, 0.05) is 18.5 Å². The van der Waals surface area contributed by atoms with Gasteiger partial charge in [0.25, 0.3) is 0 Å². The summed E-state index contributed by atoms with van der Waals surface area (Å²) in [7, 11) is 2.81. The van der Waals surface area contributed by atoms with Gasteiger partial charge in [-0.1, -0.05) is 0 Å². The zero-order chi connectivity index (χ0) is 20.3.